The van der Waals surface area contributed by atoms with Crippen molar-refractivity contribution in [1.29, 1.82) is 0 Å². The smallest absolute Gasteiger partial charge is 0.283 e. The number of fused-ring (bicyclic) bond motifs is 1. The van der Waals surface area contributed by atoms with Gasteiger partial charge in [0, 0.05) is 26.7 Å². The highest BCUT2D eigenvalue weighted by molar-refractivity contribution is 7.86. The fourth-order valence-corrected chi connectivity index (χ4v) is 5.36. The molecule has 1 aromatic rings. The molecular formula is C17H25N3O3S. The number of likely N-dealkylation sites (N-methyl/N-ethyl adjacent to an activating group) is 1. The summed E-state index contributed by atoms with van der Waals surface area (Å²) in [4.78, 5) is 12.3. The average Bonchev–Trinajstić information content (AvgIpc) is 2.89. The Morgan fingerprint density at radius 1 is 1.08 bits per heavy atom. The first-order chi connectivity index (χ1) is 11.5. The lowest BCUT2D eigenvalue weighted by atomic mass is 9.95. The van der Waals surface area contributed by atoms with E-state index >= 15 is 0 Å². The van der Waals surface area contributed by atoms with Crippen molar-refractivity contribution in [3.63, 3.8) is 0 Å². The summed E-state index contributed by atoms with van der Waals surface area (Å²) in [7, 11) is -2.09. The van der Waals surface area contributed by atoms with Crippen LogP contribution in [0.3, 0.4) is 0 Å². The molecule has 1 saturated heterocycles. The molecule has 1 aromatic carbocycles. The van der Waals surface area contributed by atoms with E-state index in [0.29, 0.717) is 19.5 Å². The number of nitrogens with one attached hydrogen (secondary N) is 1. The molecule has 2 heterocycles. The minimum atomic E-state index is -3.65. The monoisotopic (exact) mass is 351 g/mol. The maximum absolute atomic E-state index is 13.2. The van der Waals surface area contributed by atoms with Crippen LogP contribution in [0.25, 0.3) is 0 Å². The Bertz CT molecular complexity index is 697. The maximum Gasteiger partial charge on any atom is 0.283 e. The zero-order valence-corrected chi connectivity index (χ0v) is 14.9. The number of hydrogen-bond acceptors (Lipinski definition) is 3. The second-order valence-electron chi connectivity index (χ2n) is 6.47. The molecule has 1 N–H and O–H groups in total. The Labute approximate surface area is 144 Å². The van der Waals surface area contributed by atoms with E-state index in [2.05, 4.69) is 5.32 Å². The molecule has 2 aliphatic heterocycles. The summed E-state index contributed by atoms with van der Waals surface area (Å²) in [5.41, 5.74) is 2.03. The van der Waals surface area contributed by atoms with Crippen molar-refractivity contribution >= 4 is 16.1 Å². The van der Waals surface area contributed by atoms with Crippen LogP contribution >= 0.6 is 0 Å². The summed E-state index contributed by atoms with van der Waals surface area (Å²) in [5.74, 6) is -0.247. The molecule has 0 aromatic heterocycles. The largest absolute Gasteiger partial charge is 0.358 e. The second kappa shape index (κ2) is 7.21. The summed E-state index contributed by atoms with van der Waals surface area (Å²) in [6, 6.07) is 7.08. The molecule has 6 nitrogen and oxygen atoms in total. The van der Waals surface area contributed by atoms with Crippen LogP contribution in [0.15, 0.2) is 24.3 Å². The van der Waals surface area contributed by atoms with Crippen molar-refractivity contribution in [2.75, 3.05) is 20.1 Å². The van der Waals surface area contributed by atoms with Crippen LogP contribution in [0, 0.1) is 0 Å². The highest BCUT2D eigenvalue weighted by atomic mass is 32.2. The van der Waals surface area contributed by atoms with Gasteiger partial charge >= 0.3 is 0 Å². The fraction of sp³-hybridized carbons (Fsp3) is 0.588. The molecule has 2 aliphatic rings. The van der Waals surface area contributed by atoms with Gasteiger partial charge in [0.2, 0.25) is 5.91 Å². The number of nitrogens with zero attached hydrogens (tertiary/aromatic N) is 2. The van der Waals surface area contributed by atoms with Crippen LogP contribution < -0.4 is 5.32 Å². The van der Waals surface area contributed by atoms with E-state index in [0.717, 1.165) is 36.8 Å². The van der Waals surface area contributed by atoms with Gasteiger partial charge in [-0.05, 0) is 30.4 Å². The molecule has 1 fully saturated rings. The van der Waals surface area contributed by atoms with Crippen LogP contribution in [0.4, 0.5) is 0 Å². The molecule has 1 amide bonds. The Morgan fingerprint density at radius 2 is 1.71 bits per heavy atom. The van der Waals surface area contributed by atoms with Gasteiger partial charge in [0.15, 0.2) is 0 Å². The lowest BCUT2D eigenvalue weighted by molar-refractivity contribution is -0.124. The van der Waals surface area contributed by atoms with Gasteiger partial charge in [0.05, 0.1) is 0 Å². The van der Waals surface area contributed by atoms with Crippen molar-refractivity contribution < 1.29 is 13.2 Å². The third-order valence-corrected chi connectivity index (χ3v) is 6.94. The van der Waals surface area contributed by atoms with Crippen LogP contribution in [-0.2, 0) is 28.0 Å². The topological polar surface area (TPSA) is 69.7 Å². The van der Waals surface area contributed by atoms with Gasteiger partial charge in [-0.15, -0.1) is 0 Å². The van der Waals surface area contributed by atoms with Gasteiger partial charge in [0.25, 0.3) is 10.2 Å². The van der Waals surface area contributed by atoms with E-state index in [9.17, 15) is 13.2 Å². The normalized spacial score (nSPS) is 23.3. The quantitative estimate of drug-likeness (QED) is 0.892. The number of carbonyl (C=O) groups is 1. The highest BCUT2D eigenvalue weighted by Crippen LogP contribution is 2.28. The maximum atomic E-state index is 13.2. The molecule has 0 aliphatic carbocycles. The first kappa shape index (κ1) is 17.4. The van der Waals surface area contributed by atoms with Crippen LogP contribution in [0.5, 0.6) is 0 Å². The molecule has 0 bridgehead atoms. The van der Waals surface area contributed by atoms with E-state index < -0.39 is 16.3 Å². The van der Waals surface area contributed by atoms with Crippen molar-refractivity contribution in [3.8, 4) is 0 Å². The predicted molar refractivity (Wildman–Crippen MR) is 92.5 cm³/mol. The van der Waals surface area contributed by atoms with E-state index in [1.165, 1.54) is 4.31 Å². The Morgan fingerprint density at radius 3 is 2.33 bits per heavy atom. The van der Waals surface area contributed by atoms with Gasteiger partial charge < -0.3 is 5.32 Å². The van der Waals surface area contributed by atoms with Crippen molar-refractivity contribution in [2.45, 2.75) is 44.7 Å². The molecule has 0 saturated carbocycles. The zero-order chi connectivity index (χ0) is 17.2. The minimum Gasteiger partial charge on any atom is -0.358 e. The van der Waals surface area contributed by atoms with Crippen LogP contribution in [0.2, 0.25) is 0 Å². The second-order valence-corrected chi connectivity index (χ2v) is 8.35. The number of carbonyl (C=O) groups excluding carboxylic acids is 1. The summed E-state index contributed by atoms with van der Waals surface area (Å²) in [6.07, 6.45) is 4.31. The lowest BCUT2D eigenvalue weighted by Gasteiger charge is -2.37. The third kappa shape index (κ3) is 3.34. The summed E-state index contributed by atoms with van der Waals surface area (Å²) in [6.45, 7) is 1.34. The summed E-state index contributed by atoms with van der Waals surface area (Å²) >= 11 is 0. The van der Waals surface area contributed by atoms with E-state index in [4.69, 9.17) is 0 Å². The van der Waals surface area contributed by atoms with Gasteiger partial charge in [0.1, 0.15) is 6.04 Å². The standard InChI is InChI=1S/C17H25N3O3S/c1-18-17(21)16-12-14-8-4-5-9-15(14)13-20(16)24(22,23)19-10-6-2-3-7-11-19/h4-5,8-9,16H,2-3,6-7,10-13H2,1H3,(H,18,21)/t16-/m0/s1. The van der Waals surface area contributed by atoms with Gasteiger partial charge in [-0.1, -0.05) is 37.1 Å². The number of benzene rings is 1. The molecule has 1 atom stereocenters. The van der Waals surface area contributed by atoms with Gasteiger partial charge in [-0.2, -0.15) is 17.0 Å². The van der Waals surface area contributed by atoms with Crippen molar-refractivity contribution in [2.24, 2.45) is 0 Å². The van der Waals surface area contributed by atoms with E-state index in [1.807, 2.05) is 24.3 Å². The van der Waals surface area contributed by atoms with Gasteiger partial charge in [-0.3, -0.25) is 4.79 Å². The van der Waals surface area contributed by atoms with Gasteiger partial charge in [-0.25, -0.2) is 0 Å². The molecule has 0 unspecified atom stereocenters. The molecule has 132 valence electrons. The Hall–Kier alpha value is -1.44. The number of hydrogen-bond donors (Lipinski definition) is 1. The van der Waals surface area contributed by atoms with E-state index in [-0.39, 0.29) is 12.5 Å². The SMILES string of the molecule is CNC(=O)[C@@H]1Cc2ccccc2CN1S(=O)(=O)N1CCCCCC1. The molecule has 24 heavy (non-hydrogen) atoms. The van der Waals surface area contributed by atoms with Crippen LogP contribution in [-0.4, -0.2) is 49.1 Å². The molecule has 0 spiro atoms. The first-order valence-corrected chi connectivity index (χ1v) is 9.99. The fourth-order valence-electron chi connectivity index (χ4n) is 3.55. The third-order valence-electron chi connectivity index (χ3n) is 4.94. The van der Waals surface area contributed by atoms with Crippen molar-refractivity contribution in [3.05, 3.63) is 35.4 Å². The van der Waals surface area contributed by atoms with Crippen LogP contribution in [0.1, 0.15) is 36.8 Å². The van der Waals surface area contributed by atoms with E-state index in [1.54, 1.807) is 11.4 Å². The summed E-state index contributed by atoms with van der Waals surface area (Å²) in [5, 5.41) is 2.62. The summed E-state index contributed by atoms with van der Waals surface area (Å²) < 4.78 is 29.4. The zero-order valence-electron chi connectivity index (χ0n) is 14.1. The lowest BCUT2D eigenvalue weighted by Crippen LogP contribution is -2.55. The Kier molecular flexibility index (Phi) is 5.22. The first-order valence-electron chi connectivity index (χ1n) is 8.59. The van der Waals surface area contributed by atoms with Crippen molar-refractivity contribution in [1.82, 2.24) is 13.9 Å². The predicted octanol–water partition coefficient (Wildman–Crippen LogP) is 1.28. The molecular weight excluding hydrogens is 326 g/mol. The number of rotatable bonds is 3. The minimum absolute atomic E-state index is 0.247. The molecule has 0 radical (unpaired) electrons. The Balaban J connectivity index is 1.94. The molecule has 7 heteroatoms. The molecule has 3 rings (SSSR count). The average molecular weight is 351 g/mol. The highest BCUT2D eigenvalue weighted by Gasteiger charge is 2.41. The number of amides is 1.